The van der Waals surface area contributed by atoms with E-state index in [0.717, 1.165) is 0 Å². The van der Waals surface area contributed by atoms with Crippen molar-refractivity contribution in [1.82, 2.24) is 0 Å². The molecule has 2 aromatic carbocycles. The second-order valence-corrected chi connectivity index (χ2v) is 5.12. The summed E-state index contributed by atoms with van der Waals surface area (Å²) in [6, 6.07) is 12.4. The molecular formula is C12H11N3O3S. The number of hydrogen-bond acceptors (Lipinski definition) is 5. The Hall–Kier alpha value is -2.25. The normalized spacial score (nSPS) is 11.8. The molecule has 0 aliphatic heterocycles. The van der Waals surface area contributed by atoms with E-state index in [2.05, 4.69) is 10.2 Å². The first kappa shape index (κ1) is 13.2. The molecule has 0 amide bonds. The number of anilines is 1. The number of azo groups is 1. The summed E-state index contributed by atoms with van der Waals surface area (Å²) in [6.07, 6.45) is 0. The van der Waals surface area contributed by atoms with E-state index in [-0.39, 0.29) is 10.6 Å². The van der Waals surface area contributed by atoms with Crippen LogP contribution in [0.3, 0.4) is 0 Å². The van der Waals surface area contributed by atoms with Gasteiger partial charge in [-0.25, -0.2) is 0 Å². The van der Waals surface area contributed by atoms with Crippen molar-refractivity contribution in [3.63, 3.8) is 0 Å². The number of nitrogens with zero attached hydrogens (tertiary/aromatic N) is 2. The Morgan fingerprint density at radius 3 is 2.21 bits per heavy atom. The van der Waals surface area contributed by atoms with E-state index in [1.165, 1.54) is 18.2 Å². The molecule has 0 radical (unpaired) electrons. The van der Waals surface area contributed by atoms with Crippen molar-refractivity contribution in [2.75, 3.05) is 5.73 Å². The predicted octanol–water partition coefficient (Wildman–Crippen LogP) is 2.93. The fourth-order valence-corrected chi connectivity index (χ4v) is 2.03. The molecule has 0 aliphatic carbocycles. The highest BCUT2D eigenvalue weighted by molar-refractivity contribution is 7.86. The second-order valence-electron chi connectivity index (χ2n) is 3.73. The summed E-state index contributed by atoms with van der Waals surface area (Å²) in [5, 5.41) is 7.70. The molecule has 0 atom stereocenters. The molecule has 98 valence electrons. The SMILES string of the molecule is Nc1ccc(N=Nc2ccccc2S(=O)(=O)O)cc1. The van der Waals surface area contributed by atoms with Crippen LogP contribution in [0.15, 0.2) is 63.7 Å². The van der Waals surface area contributed by atoms with Crippen molar-refractivity contribution in [2.24, 2.45) is 10.2 Å². The van der Waals surface area contributed by atoms with Crippen molar-refractivity contribution in [3.8, 4) is 0 Å². The third-order valence-corrected chi connectivity index (χ3v) is 3.21. The zero-order valence-corrected chi connectivity index (χ0v) is 10.6. The van der Waals surface area contributed by atoms with Gasteiger partial charge in [-0.05, 0) is 36.4 Å². The number of rotatable bonds is 3. The lowest BCUT2D eigenvalue weighted by Gasteiger charge is -2.00. The maximum absolute atomic E-state index is 11.1. The zero-order valence-electron chi connectivity index (χ0n) is 9.76. The van der Waals surface area contributed by atoms with Crippen LogP contribution in [0.4, 0.5) is 17.1 Å². The summed E-state index contributed by atoms with van der Waals surface area (Å²) < 4.78 is 31.4. The van der Waals surface area contributed by atoms with Crippen LogP contribution in [0, 0.1) is 0 Å². The van der Waals surface area contributed by atoms with Gasteiger partial charge < -0.3 is 5.73 Å². The molecule has 0 bridgehead atoms. The van der Waals surface area contributed by atoms with Gasteiger partial charge in [0.25, 0.3) is 10.1 Å². The molecular weight excluding hydrogens is 266 g/mol. The van der Waals surface area contributed by atoms with Gasteiger partial charge in [0, 0.05) is 5.69 Å². The highest BCUT2D eigenvalue weighted by Crippen LogP contribution is 2.25. The summed E-state index contributed by atoms with van der Waals surface area (Å²) in [5.74, 6) is 0. The molecule has 19 heavy (non-hydrogen) atoms. The van der Waals surface area contributed by atoms with E-state index < -0.39 is 10.1 Å². The Kier molecular flexibility index (Phi) is 3.59. The van der Waals surface area contributed by atoms with Crippen LogP contribution in [0.25, 0.3) is 0 Å². The van der Waals surface area contributed by atoms with E-state index in [1.807, 2.05) is 0 Å². The molecule has 0 saturated carbocycles. The third-order valence-electron chi connectivity index (χ3n) is 2.31. The maximum Gasteiger partial charge on any atom is 0.296 e. The van der Waals surface area contributed by atoms with Gasteiger partial charge in [-0.1, -0.05) is 12.1 Å². The number of benzene rings is 2. The summed E-state index contributed by atoms with van der Waals surface area (Å²) in [6.45, 7) is 0. The van der Waals surface area contributed by atoms with Crippen LogP contribution in [-0.4, -0.2) is 13.0 Å². The largest absolute Gasteiger partial charge is 0.399 e. The summed E-state index contributed by atoms with van der Waals surface area (Å²) in [7, 11) is -4.32. The van der Waals surface area contributed by atoms with E-state index >= 15 is 0 Å². The first-order valence-electron chi connectivity index (χ1n) is 5.30. The van der Waals surface area contributed by atoms with Gasteiger partial charge in [-0.15, -0.1) is 5.11 Å². The van der Waals surface area contributed by atoms with Gasteiger partial charge in [-0.3, -0.25) is 4.55 Å². The van der Waals surface area contributed by atoms with Crippen molar-refractivity contribution in [3.05, 3.63) is 48.5 Å². The molecule has 6 nitrogen and oxygen atoms in total. The summed E-state index contributed by atoms with van der Waals surface area (Å²) >= 11 is 0. The van der Waals surface area contributed by atoms with E-state index in [1.54, 1.807) is 30.3 Å². The topological polar surface area (TPSA) is 105 Å². The van der Waals surface area contributed by atoms with Crippen molar-refractivity contribution in [2.45, 2.75) is 4.90 Å². The maximum atomic E-state index is 11.1. The third kappa shape index (κ3) is 3.36. The van der Waals surface area contributed by atoms with E-state index in [0.29, 0.717) is 11.4 Å². The number of hydrogen-bond donors (Lipinski definition) is 2. The molecule has 0 unspecified atom stereocenters. The number of nitrogen functional groups attached to an aromatic ring is 1. The molecule has 0 saturated heterocycles. The smallest absolute Gasteiger partial charge is 0.296 e. The van der Waals surface area contributed by atoms with Crippen LogP contribution in [0.2, 0.25) is 0 Å². The summed E-state index contributed by atoms with van der Waals surface area (Å²) in [5.41, 5.74) is 6.72. The molecule has 2 rings (SSSR count). The number of nitrogens with two attached hydrogens (primary N) is 1. The van der Waals surface area contributed by atoms with Crippen LogP contribution >= 0.6 is 0 Å². The molecule has 0 aromatic heterocycles. The standard InChI is InChI=1S/C12H11N3O3S/c13-9-5-7-10(8-6-9)14-15-11-3-1-2-4-12(11)19(16,17)18/h1-8H,13H2,(H,16,17,18). The summed E-state index contributed by atoms with van der Waals surface area (Å²) in [4.78, 5) is -0.283. The Morgan fingerprint density at radius 1 is 0.947 bits per heavy atom. The van der Waals surface area contributed by atoms with Crippen molar-refractivity contribution >= 4 is 27.2 Å². The second kappa shape index (κ2) is 5.17. The minimum atomic E-state index is -4.32. The van der Waals surface area contributed by atoms with E-state index in [9.17, 15) is 8.42 Å². The van der Waals surface area contributed by atoms with Gasteiger partial charge in [0.05, 0.1) is 5.69 Å². The fourth-order valence-electron chi connectivity index (χ4n) is 1.41. The average molecular weight is 277 g/mol. The minimum Gasteiger partial charge on any atom is -0.399 e. The fraction of sp³-hybridized carbons (Fsp3) is 0. The van der Waals surface area contributed by atoms with Gasteiger partial charge in [0.1, 0.15) is 10.6 Å². The Balaban J connectivity index is 2.36. The van der Waals surface area contributed by atoms with Gasteiger partial charge >= 0.3 is 0 Å². The average Bonchev–Trinajstić information content (AvgIpc) is 2.37. The lowest BCUT2D eigenvalue weighted by atomic mass is 10.3. The highest BCUT2D eigenvalue weighted by atomic mass is 32.2. The Bertz CT molecular complexity index is 709. The molecule has 3 N–H and O–H groups in total. The predicted molar refractivity (Wildman–Crippen MR) is 71.3 cm³/mol. The highest BCUT2D eigenvalue weighted by Gasteiger charge is 2.14. The molecule has 0 heterocycles. The van der Waals surface area contributed by atoms with E-state index in [4.69, 9.17) is 10.3 Å². The first-order valence-corrected chi connectivity index (χ1v) is 6.74. The molecule has 0 aliphatic rings. The van der Waals surface area contributed by atoms with Crippen molar-refractivity contribution < 1.29 is 13.0 Å². The lowest BCUT2D eigenvalue weighted by molar-refractivity contribution is 0.483. The van der Waals surface area contributed by atoms with Crippen LogP contribution in [0.5, 0.6) is 0 Å². The van der Waals surface area contributed by atoms with Gasteiger partial charge in [0.2, 0.25) is 0 Å². The quantitative estimate of drug-likeness (QED) is 0.511. The minimum absolute atomic E-state index is 0.0711. The monoisotopic (exact) mass is 277 g/mol. The van der Waals surface area contributed by atoms with Gasteiger partial charge in [0.15, 0.2) is 0 Å². The molecule has 2 aromatic rings. The molecule has 7 heteroatoms. The lowest BCUT2D eigenvalue weighted by Crippen LogP contribution is -1.97. The Labute approximate surface area is 110 Å². The van der Waals surface area contributed by atoms with Crippen LogP contribution in [-0.2, 0) is 10.1 Å². The van der Waals surface area contributed by atoms with Gasteiger partial charge in [-0.2, -0.15) is 13.5 Å². The molecule has 0 spiro atoms. The Morgan fingerprint density at radius 2 is 1.58 bits per heavy atom. The molecule has 0 fully saturated rings. The van der Waals surface area contributed by atoms with Crippen LogP contribution in [0.1, 0.15) is 0 Å². The first-order chi connectivity index (χ1) is 8.97. The zero-order chi connectivity index (χ0) is 13.9. The van der Waals surface area contributed by atoms with Crippen LogP contribution < -0.4 is 5.73 Å². The van der Waals surface area contributed by atoms with Crippen molar-refractivity contribution in [1.29, 1.82) is 0 Å².